The quantitative estimate of drug-likeness (QED) is 0.481. The number of methoxy groups -OCH3 is 1. The summed E-state index contributed by atoms with van der Waals surface area (Å²) in [7, 11) is 2.90. The minimum Gasteiger partial charge on any atom is -0.497 e. The van der Waals surface area contributed by atoms with Gasteiger partial charge in [-0.1, -0.05) is 11.8 Å². The largest absolute Gasteiger partial charge is 0.497 e. The van der Waals surface area contributed by atoms with Gasteiger partial charge in [-0.3, -0.25) is 24.6 Å². The molecule has 0 N–H and O–H groups in total. The van der Waals surface area contributed by atoms with Crippen molar-refractivity contribution in [2.45, 2.75) is 9.79 Å². The number of nitro benzene ring substituents is 1. The first-order valence-electron chi connectivity index (χ1n) is 6.89. The lowest BCUT2D eigenvalue weighted by molar-refractivity contribution is -0.387. The topological polar surface area (TPSA) is 89.8 Å². The number of amides is 2. The van der Waals surface area contributed by atoms with Gasteiger partial charge in [0.25, 0.3) is 17.5 Å². The van der Waals surface area contributed by atoms with Gasteiger partial charge in [-0.15, -0.1) is 0 Å². The van der Waals surface area contributed by atoms with Gasteiger partial charge in [0.05, 0.1) is 28.1 Å². The Morgan fingerprint density at radius 2 is 1.67 bits per heavy atom. The van der Waals surface area contributed by atoms with Crippen LogP contribution in [0.15, 0.2) is 46.2 Å². The molecule has 2 amide bonds. The summed E-state index contributed by atoms with van der Waals surface area (Å²) in [5.41, 5.74) is 0.0448. The van der Waals surface area contributed by atoms with Crippen molar-refractivity contribution < 1.29 is 19.2 Å². The molecule has 2 aromatic rings. The summed E-state index contributed by atoms with van der Waals surface area (Å²) < 4.78 is 5.07. The Bertz CT molecular complexity index is 864. The van der Waals surface area contributed by atoms with E-state index in [1.807, 2.05) is 0 Å². The number of rotatable bonds is 4. The Morgan fingerprint density at radius 3 is 2.21 bits per heavy atom. The Labute approximate surface area is 141 Å². The second-order valence-electron chi connectivity index (χ2n) is 5.07. The minimum absolute atomic E-state index is 0.0632. The van der Waals surface area contributed by atoms with Crippen molar-refractivity contribution >= 4 is 29.3 Å². The number of ether oxygens (including phenoxy) is 1. The molecular weight excluding hydrogens is 332 g/mol. The van der Waals surface area contributed by atoms with Crippen LogP contribution >= 0.6 is 11.8 Å². The van der Waals surface area contributed by atoms with Crippen LogP contribution in [0.1, 0.15) is 20.7 Å². The molecule has 24 heavy (non-hydrogen) atoms. The summed E-state index contributed by atoms with van der Waals surface area (Å²) in [5.74, 6) is -0.314. The van der Waals surface area contributed by atoms with Crippen LogP contribution in [0.3, 0.4) is 0 Å². The number of hydrogen-bond acceptors (Lipinski definition) is 6. The molecule has 0 fully saturated rings. The van der Waals surface area contributed by atoms with Crippen LogP contribution in [-0.4, -0.2) is 35.8 Å². The Kier molecular flexibility index (Phi) is 3.98. The highest BCUT2D eigenvalue weighted by Crippen LogP contribution is 2.39. The molecule has 0 aromatic heterocycles. The Morgan fingerprint density at radius 1 is 1.08 bits per heavy atom. The number of fused-ring (bicyclic) bond motifs is 1. The fraction of sp³-hybridized carbons (Fsp3) is 0.125. The number of nitro groups is 1. The highest BCUT2D eigenvalue weighted by Gasteiger charge is 2.36. The summed E-state index contributed by atoms with van der Waals surface area (Å²) >= 11 is 1.15. The average molecular weight is 344 g/mol. The van der Waals surface area contributed by atoms with Crippen LogP contribution in [0.2, 0.25) is 0 Å². The maximum atomic E-state index is 12.1. The fourth-order valence-corrected chi connectivity index (χ4v) is 3.31. The Hall–Kier alpha value is -2.87. The molecule has 1 aliphatic rings. The zero-order valence-corrected chi connectivity index (χ0v) is 13.6. The highest BCUT2D eigenvalue weighted by molar-refractivity contribution is 7.99. The number of carbonyl (C=O) groups is 2. The summed E-state index contributed by atoms with van der Waals surface area (Å²) in [6.45, 7) is 0. The molecule has 122 valence electrons. The minimum atomic E-state index is -0.553. The molecule has 0 radical (unpaired) electrons. The van der Waals surface area contributed by atoms with Gasteiger partial charge in [0.15, 0.2) is 0 Å². The molecule has 0 atom stereocenters. The van der Waals surface area contributed by atoms with E-state index in [0.29, 0.717) is 10.6 Å². The van der Waals surface area contributed by atoms with E-state index in [0.717, 1.165) is 21.6 Å². The van der Waals surface area contributed by atoms with Crippen LogP contribution in [0.5, 0.6) is 5.75 Å². The van der Waals surface area contributed by atoms with Gasteiger partial charge >= 0.3 is 0 Å². The molecule has 3 rings (SSSR count). The molecule has 0 spiro atoms. The molecule has 1 aliphatic heterocycles. The average Bonchev–Trinajstić information content (AvgIpc) is 2.79. The zero-order valence-electron chi connectivity index (χ0n) is 12.8. The van der Waals surface area contributed by atoms with Gasteiger partial charge in [-0.05, 0) is 30.3 Å². The third-order valence-electron chi connectivity index (χ3n) is 3.65. The van der Waals surface area contributed by atoms with E-state index in [2.05, 4.69) is 0 Å². The lowest BCUT2D eigenvalue weighted by Crippen LogP contribution is -2.24. The van der Waals surface area contributed by atoms with Gasteiger partial charge < -0.3 is 4.74 Å². The first kappa shape index (κ1) is 16.0. The van der Waals surface area contributed by atoms with Crippen LogP contribution in [0, 0.1) is 10.1 Å². The first-order chi connectivity index (χ1) is 11.4. The van der Waals surface area contributed by atoms with Crippen LogP contribution < -0.4 is 4.74 Å². The van der Waals surface area contributed by atoms with E-state index in [9.17, 15) is 19.7 Å². The molecule has 7 nitrogen and oxygen atoms in total. The van der Waals surface area contributed by atoms with Gasteiger partial charge in [-0.2, -0.15) is 0 Å². The maximum absolute atomic E-state index is 12.1. The third kappa shape index (κ3) is 2.61. The molecule has 8 heteroatoms. The Balaban J connectivity index is 2.05. The van der Waals surface area contributed by atoms with Crippen molar-refractivity contribution in [2.24, 2.45) is 0 Å². The smallest absolute Gasteiger partial charge is 0.284 e. The fourth-order valence-electron chi connectivity index (χ4n) is 2.37. The van der Waals surface area contributed by atoms with Crippen molar-refractivity contribution in [2.75, 3.05) is 14.2 Å². The molecule has 0 saturated carbocycles. The standard InChI is InChI=1S/C16H12N2O5S/c1-17-15(19)11-7-13(18(21)22)14(8-12(11)16(17)20)24-10-5-3-9(23-2)4-6-10/h3-8H,1-2H3. The second-order valence-corrected chi connectivity index (χ2v) is 6.18. The number of carbonyl (C=O) groups excluding carboxylic acids is 2. The molecule has 0 saturated heterocycles. The van der Waals surface area contributed by atoms with E-state index in [1.54, 1.807) is 31.4 Å². The summed E-state index contributed by atoms with van der Waals surface area (Å²) in [6.07, 6.45) is 0. The second kappa shape index (κ2) is 5.97. The van der Waals surface area contributed by atoms with Crippen molar-refractivity contribution in [3.05, 3.63) is 57.6 Å². The van der Waals surface area contributed by atoms with Gasteiger partial charge in [0.1, 0.15) is 5.75 Å². The van der Waals surface area contributed by atoms with Crippen molar-refractivity contribution in [3.8, 4) is 5.75 Å². The van der Waals surface area contributed by atoms with Gasteiger partial charge in [0, 0.05) is 18.0 Å². The van der Waals surface area contributed by atoms with E-state index < -0.39 is 16.7 Å². The molecule has 0 bridgehead atoms. The lowest BCUT2D eigenvalue weighted by atomic mass is 10.1. The molecule has 1 heterocycles. The number of nitrogens with zero attached hydrogens (tertiary/aromatic N) is 2. The predicted octanol–water partition coefficient (Wildman–Crippen LogP) is 2.98. The van der Waals surface area contributed by atoms with Gasteiger partial charge in [-0.25, -0.2) is 0 Å². The summed E-state index contributed by atoms with van der Waals surface area (Å²) in [6, 6.07) is 9.59. The number of hydrogen-bond donors (Lipinski definition) is 0. The predicted molar refractivity (Wildman–Crippen MR) is 86.6 cm³/mol. The zero-order chi connectivity index (χ0) is 17.4. The SMILES string of the molecule is COc1ccc(Sc2cc3c(cc2[N+](=O)[O-])C(=O)N(C)C3=O)cc1. The van der Waals surface area contributed by atoms with Crippen LogP contribution in [0.4, 0.5) is 5.69 Å². The van der Waals surface area contributed by atoms with Crippen molar-refractivity contribution in [3.63, 3.8) is 0 Å². The third-order valence-corrected chi connectivity index (χ3v) is 4.71. The van der Waals surface area contributed by atoms with Crippen LogP contribution in [0.25, 0.3) is 0 Å². The van der Waals surface area contributed by atoms with E-state index in [4.69, 9.17) is 4.74 Å². The van der Waals surface area contributed by atoms with Crippen molar-refractivity contribution in [1.82, 2.24) is 4.90 Å². The highest BCUT2D eigenvalue weighted by atomic mass is 32.2. The number of benzene rings is 2. The van der Waals surface area contributed by atoms with Gasteiger partial charge in [0.2, 0.25) is 0 Å². The van der Waals surface area contributed by atoms with E-state index >= 15 is 0 Å². The van der Waals surface area contributed by atoms with E-state index in [-0.39, 0.29) is 16.8 Å². The molecular formula is C16H12N2O5S. The monoisotopic (exact) mass is 344 g/mol. The molecule has 0 aliphatic carbocycles. The normalized spacial score (nSPS) is 13.2. The van der Waals surface area contributed by atoms with Crippen LogP contribution in [-0.2, 0) is 0 Å². The van der Waals surface area contributed by atoms with Crippen molar-refractivity contribution in [1.29, 1.82) is 0 Å². The molecule has 0 unspecified atom stereocenters. The number of imide groups is 1. The summed E-state index contributed by atoms with van der Waals surface area (Å²) in [4.78, 5) is 36.9. The maximum Gasteiger partial charge on any atom is 0.284 e. The van der Waals surface area contributed by atoms with E-state index in [1.165, 1.54) is 19.2 Å². The lowest BCUT2D eigenvalue weighted by Gasteiger charge is -2.06. The summed E-state index contributed by atoms with van der Waals surface area (Å²) in [5, 5.41) is 11.3. The first-order valence-corrected chi connectivity index (χ1v) is 7.70. The molecule has 2 aromatic carbocycles.